The lowest BCUT2D eigenvalue weighted by Gasteiger charge is -2.13. The average Bonchev–Trinajstić information content (AvgIpc) is 2.87. The fourth-order valence-corrected chi connectivity index (χ4v) is 2.11. The van der Waals surface area contributed by atoms with E-state index in [0.717, 1.165) is 0 Å². The highest BCUT2D eigenvalue weighted by Gasteiger charge is 2.22. The van der Waals surface area contributed by atoms with E-state index in [1.165, 1.54) is 12.4 Å². The Kier molecular flexibility index (Phi) is 4.45. The monoisotopic (exact) mass is 277 g/mol. The highest BCUT2D eigenvalue weighted by atomic mass is 19.1. The highest BCUT2D eigenvalue weighted by Crippen LogP contribution is 2.16. The van der Waals surface area contributed by atoms with Crippen LogP contribution in [0.25, 0.3) is 0 Å². The molecule has 0 aliphatic rings. The Labute approximate surface area is 116 Å². The predicted molar refractivity (Wildman–Crippen MR) is 70.6 cm³/mol. The molecular formula is C14H16FN3O2. The number of hydrogen-bond acceptors (Lipinski definition) is 3. The number of halogens is 1. The molecule has 1 atom stereocenters. The number of rotatable bonds is 6. The molecule has 0 spiro atoms. The number of hydrogen-bond donors (Lipinski definition) is 1. The molecule has 0 aliphatic heterocycles. The largest absolute Gasteiger partial charge is 0.481 e. The van der Waals surface area contributed by atoms with Gasteiger partial charge < -0.3 is 5.11 Å². The van der Waals surface area contributed by atoms with Gasteiger partial charge in [-0.05, 0) is 25.0 Å². The molecule has 0 bridgehead atoms. The molecule has 0 saturated heterocycles. The van der Waals surface area contributed by atoms with Gasteiger partial charge in [0, 0.05) is 13.0 Å². The van der Waals surface area contributed by atoms with Gasteiger partial charge in [0.15, 0.2) is 0 Å². The number of carbonyl (C=O) groups is 1. The zero-order chi connectivity index (χ0) is 14.5. The van der Waals surface area contributed by atoms with Crippen LogP contribution in [0.1, 0.15) is 18.3 Å². The Morgan fingerprint density at radius 3 is 2.80 bits per heavy atom. The summed E-state index contributed by atoms with van der Waals surface area (Å²) in [6.45, 7) is 2.53. The van der Waals surface area contributed by atoms with Crippen LogP contribution in [0.15, 0.2) is 30.6 Å². The summed E-state index contributed by atoms with van der Waals surface area (Å²) in [5.41, 5.74) is 0.405. The molecule has 2 aromatic rings. The lowest BCUT2D eigenvalue weighted by molar-refractivity contribution is -0.141. The number of carboxylic acids is 1. The highest BCUT2D eigenvalue weighted by molar-refractivity contribution is 5.70. The SMILES string of the molecule is CCn1ncnc1CC(Cc1ccccc1F)C(=O)O. The van der Waals surface area contributed by atoms with Gasteiger partial charge in [0.2, 0.25) is 0 Å². The van der Waals surface area contributed by atoms with Gasteiger partial charge >= 0.3 is 5.97 Å². The molecule has 1 unspecified atom stereocenters. The molecule has 0 saturated carbocycles. The van der Waals surface area contributed by atoms with Gasteiger partial charge in [-0.1, -0.05) is 18.2 Å². The maximum Gasteiger partial charge on any atom is 0.307 e. The van der Waals surface area contributed by atoms with Crippen LogP contribution in [0.4, 0.5) is 4.39 Å². The van der Waals surface area contributed by atoms with Gasteiger partial charge in [-0.15, -0.1) is 0 Å². The lowest BCUT2D eigenvalue weighted by atomic mass is 9.95. The summed E-state index contributed by atoms with van der Waals surface area (Å²) >= 11 is 0. The summed E-state index contributed by atoms with van der Waals surface area (Å²) in [7, 11) is 0. The van der Waals surface area contributed by atoms with Crippen molar-refractivity contribution >= 4 is 5.97 Å². The van der Waals surface area contributed by atoms with Gasteiger partial charge in [-0.2, -0.15) is 5.10 Å². The first kappa shape index (κ1) is 14.2. The van der Waals surface area contributed by atoms with Crippen molar-refractivity contribution in [1.29, 1.82) is 0 Å². The van der Waals surface area contributed by atoms with E-state index in [1.54, 1.807) is 22.9 Å². The first-order valence-corrected chi connectivity index (χ1v) is 6.44. The van der Waals surface area contributed by atoms with Crippen molar-refractivity contribution in [3.05, 3.63) is 47.8 Å². The molecule has 106 valence electrons. The summed E-state index contributed by atoms with van der Waals surface area (Å²) in [6, 6.07) is 6.23. The van der Waals surface area contributed by atoms with E-state index in [1.807, 2.05) is 6.92 Å². The molecule has 1 aromatic carbocycles. The topological polar surface area (TPSA) is 68.0 Å². The van der Waals surface area contributed by atoms with Crippen molar-refractivity contribution in [3.63, 3.8) is 0 Å². The van der Waals surface area contributed by atoms with Crippen LogP contribution in [0.2, 0.25) is 0 Å². The Morgan fingerprint density at radius 2 is 2.15 bits per heavy atom. The van der Waals surface area contributed by atoms with Crippen molar-refractivity contribution in [2.75, 3.05) is 0 Å². The number of carboxylic acid groups (broad SMARTS) is 1. The molecule has 0 radical (unpaired) electrons. The van der Waals surface area contributed by atoms with Crippen LogP contribution in [0.5, 0.6) is 0 Å². The smallest absolute Gasteiger partial charge is 0.307 e. The van der Waals surface area contributed by atoms with E-state index in [4.69, 9.17) is 0 Å². The zero-order valence-electron chi connectivity index (χ0n) is 11.2. The Bertz CT molecular complexity index is 598. The summed E-state index contributed by atoms with van der Waals surface area (Å²) in [6.07, 6.45) is 1.77. The van der Waals surface area contributed by atoms with Gasteiger partial charge in [0.25, 0.3) is 0 Å². The van der Waals surface area contributed by atoms with Crippen molar-refractivity contribution < 1.29 is 14.3 Å². The first-order chi connectivity index (χ1) is 9.61. The summed E-state index contributed by atoms with van der Waals surface area (Å²) in [5, 5.41) is 13.3. The third-order valence-electron chi connectivity index (χ3n) is 3.20. The third kappa shape index (κ3) is 3.20. The maximum atomic E-state index is 13.6. The van der Waals surface area contributed by atoms with Crippen molar-refractivity contribution in [1.82, 2.24) is 14.8 Å². The van der Waals surface area contributed by atoms with Crippen LogP contribution in [-0.4, -0.2) is 25.8 Å². The molecule has 0 aliphatic carbocycles. The van der Waals surface area contributed by atoms with Crippen molar-refractivity contribution in [3.8, 4) is 0 Å². The van der Waals surface area contributed by atoms with Crippen LogP contribution in [0.3, 0.4) is 0 Å². The normalized spacial score (nSPS) is 12.3. The van der Waals surface area contributed by atoms with Crippen LogP contribution in [-0.2, 0) is 24.2 Å². The molecule has 1 N–H and O–H groups in total. The van der Waals surface area contributed by atoms with Gasteiger partial charge in [0.05, 0.1) is 5.92 Å². The lowest BCUT2D eigenvalue weighted by Crippen LogP contribution is -2.22. The standard InChI is InChI=1S/C14H16FN3O2/c1-2-18-13(16-9-17-18)8-11(14(19)20)7-10-5-3-4-6-12(10)15/h3-6,9,11H,2,7-8H2,1H3,(H,19,20). The molecular weight excluding hydrogens is 261 g/mol. The summed E-state index contributed by atoms with van der Waals surface area (Å²) < 4.78 is 15.3. The van der Waals surface area contributed by atoms with E-state index >= 15 is 0 Å². The number of aromatic nitrogens is 3. The second kappa shape index (κ2) is 6.27. The predicted octanol–water partition coefficient (Wildman–Crippen LogP) is 1.92. The average molecular weight is 277 g/mol. The van der Waals surface area contributed by atoms with E-state index in [9.17, 15) is 14.3 Å². The third-order valence-corrected chi connectivity index (χ3v) is 3.20. The van der Waals surface area contributed by atoms with Crippen LogP contribution < -0.4 is 0 Å². The molecule has 6 heteroatoms. The second-order valence-corrected chi connectivity index (χ2v) is 4.53. The van der Waals surface area contributed by atoms with Crippen molar-refractivity contribution in [2.24, 2.45) is 5.92 Å². The first-order valence-electron chi connectivity index (χ1n) is 6.44. The maximum absolute atomic E-state index is 13.6. The fraction of sp³-hybridized carbons (Fsp3) is 0.357. The Balaban J connectivity index is 2.16. The minimum atomic E-state index is -0.959. The number of aryl methyl sites for hydroxylation is 1. The van der Waals surface area contributed by atoms with Gasteiger partial charge in [-0.25, -0.2) is 9.37 Å². The quantitative estimate of drug-likeness (QED) is 0.876. The summed E-state index contributed by atoms with van der Waals surface area (Å²) in [5.74, 6) is -1.45. The molecule has 1 heterocycles. The van der Waals surface area contributed by atoms with E-state index in [2.05, 4.69) is 10.1 Å². The Hall–Kier alpha value is -2.24. The van der Waals surface area contributed by atoms with E-state index in [0.29, 0.717) is 17.9 Å². The summed E-state index contributed by atoms with van der Waals surface area (Å²) in [4.78, 5) is 15.4. The minimum Gasteiger partial charge on any atom is -0.481 e. The molecule has 20 heavy (non-hydrogen) atoms. The number of benzene rings is 1. The van der Waals surface area contributed by atoms with Gasteiger partial charge in [-0.3, -0.25) is 9.48 Å². The molecule has 0 fully saturated rings. The fourth-order valence-electron chi connectivity index (χ4n) is 2.11. The molecule has 2 rings (SSSR count). The number of nitrogens with zero attached hydrogens (tertiary/aromatic N) is 3. The molecule has 1 aromatic heterocycles. The van der Waals surface area contributed by atoms with Crippen LogP contribution >= 0.6 is 0 Å². The zero-order valence-corrected chi connectivity index (χ0v) is 11.2. The molecule has 0 amide bonds. The molecule has 5 nitrogen and oxygen atoms in total. The second-order valence-electron chi connectivity index (χ2n) is 4.53. The minimum absolute atomic E-state index is 0.137. The van der Waals surface area contributed by atoms with E-state index in [-0.39, 0.29) is 18.7 Å². The van der Waals surface area contributed by atoms with Crippen molar-refractivity contribution in [2.45, 2.75) is 26.3 Å². The van der Waals surface area contributed by atoms with Crippen LogP contribution in [0, 0.1) is 11.7 Å². The Morgan fingerprint density at radius 1 is 1.40 bits per heavy atom. The van der Waals surface area contributed by atoms with Gasteiger partial charge in [0.1, 0.15) is 18.0 Å². The van der Waals surface area contributed by atoms with E-state index < -0.39 is 11.9 Å². The number of aliphatic carboxylic acids is 1.